The highest BCUT2D eigenvalue weighted by Gasteiger charge is 1.98. The molecule has 1 aromatic carbocycles. The standard InChI is InChI=1S/C19H26N4O/c1-20-19(23-15-18-11-5-6-12-21-18)22-13-7-8-14-24-16-17-9-3-2-4-10-17/h2-6,9-12H,7-8,13-16H2,1H3,(H2,20,22,23). The van der Waals surface area contributed by atoms with Crippen LogP contribution >= 0.6 is 0 Å². The predicted octanol–water partition coefficient (Wildman–Crippen LogP) is 2.74. The fraction of sp³-hybridized carbons (Fsp3) is 0.368. The Labute approximate surface area is 144 Å². The molecule has 0 bridgehead atoms. The lowest BCUT2D eigenvalue weighted by Gasteiger charge is -2.11. The maximum atomic E-state index is 5.68. The molecule has 2 aromatic rings. The Morgan fingerprint density at radius 3 is 2.62 bits per heavy atom. The van der Waals surface area contributed by atoms with Gasteiger partial charge in [-0.1, -0.05) is 36.4 Å². The van der Waals surface area contributed by atoms with Gasteiger partial charge >= 0.3 is 0 Å². The highest BCUT2D eigenvalue weighted by Crippen LogP contribution is 2.01. The number of guanidine groups is 1. The fourth-order valence-electron chi connectivity index (χ4n) is 2.20. The van der Waals surface area contributed by atoms with Crippen molar-refractivity contribution in [2.24, 2.45) is 4.99 Å². The minimum Gasteiger partial charge on any atom is -0.377 e. The zero-order valence-electron chi connectivity index (χ0n) is 14.2. The van der Waals surface area contributed by atoms with Gasteiger partial charge in [0.1, 0.15) is 0 Å². The van der Waals surface area contributed by atoms with Crippen molar-refractivity contribution in [3.05, 3.63) is 66.0 Å². The maximum absolute atomic E-state index is 5.68. The SMILES string of the molecule is CN=C(NCCCCOCc1ccccc1)NCc1ccccn1. The van der Waals surface area contributed by atoms with E-state index in [9.17, 15) is 0 Å². The number of benzene rings is 1. The number of pyridine rings is 1. The summed E-state index contributed by atoms with van der Waals surface area (Å²) in [5, 5.41) is 6.56. The Balaban J connectivity index is 1.51. The quantitative estimate of drug-likeness (QED) is 0.423. The summed E-state index contributed by atoms with van der Waals surface area (Å²) in [5.41, 5.74) is 2.21. The van der Waals surface area contributed by atoms with Crippen LogP contribution in [0.3, 0.4) is 0 Å². The van der Waals surface area contributed by atoms with Gasteiger partial charge in [0.2, 0.25) is 0 Å². The van der Waals surface area contributed by atoms with E-state index in [0.717, 1.165) is 37.6 Å². The van der Waals surface area contributed by atoms with Crippen molar-refractivity contribution in [2.75, 3.05) is 20.2 Å². The van der Waals surface area contributed by atoms with Crippen LogP contribution in [-0.2, 0) is 17.9 Å². The molecule has 128 valence electrons. The molecule has 5 heteroatoms. The van der Waals surface area contributed by atoms with Gasteiger partial charge in [-0.05, 0) is 30.5 Å². The van der Waals surface area contributed by atoms with Crippen molar-refractivity contribution in [1.82, 2.24) is 15.6 Å². The second-order valence-corrected chi connectivity index (χ2v) is 5.42. The largest absolute Gasteiger partial charge is 0.377 e. The lowest BCUT2D eigenvalue weighted by atomic mass is 10.2. The van der Waals surface area contributed by atoms with Crippen LogP contribution in [0.25, 0.3) is 0 Å². The molecule has 0 atom stereocenters. The van der Waals surface area contributed by atoms with Gasteiger partial charge in [-0.25, -0.2) is 0 Å². The normalized spacial score (nSPS) is 11.3. The molecule has 1 aromatic heterocycles. The molecule has 2 rings (SSSR count). The minimum atomic E-state index is 0.667. The summed E-state index contributed by atoms with van der Waals surface area (Å²) >= 11 is 0. The van der Waals surface area contributed by atoms with E-state index in [-0.39, 0.29) is 0 Å². The summed E-state index contributed by atoms with van der Waals surface area (Å²) in [6, 6.07) is 16.1. The van der Waals surface area contributed by atoms with Gasteiger partial charge in [0, 0.05) is 26.4 Å². The number of rotatable bonds is 9. The molecule has 1 heterocycles. The van der Waals surface area contributed by atoms with Crippen molar-refractivity contribution in [1.29, 1.82) is 0 Å². The van der Waals surface area contributed by atoms with E-state index in [1.165, 1.54) is 5.56 Å². The third-order valence-corrected chi connectivity index (χ3v) is 3.51. The fourth-order valence-corrected chi connectivity index (χ4v) is 2.20. The van der Waals surface area contributed by atoms with Crippen LogP contribution in [0, 0.1) is 0 Å². The highest BCUT2D eigenvalue weighted by molar-refractivity contribution is 5.79. The minimum absolute atomic E-state index is 0.667. The third-order valence-electron chi connectivity index (χ3n) is 3.51. The predicted molar refractivity (Wildman–Crippen MR) is 97.8 cm³/mol. The number of aromatic nitrogens is 1. The molecule has 0 aliphatic heterocycles. The van der Waals surface area contributed by atoms with Crippen LogP contribution in [0.2, 0.25) is 0 Å². The summed E-state index contributed by atoms with van der Waals surface area (Å²) in [5.74, 6) is 0.797. The molecule has 0 aliphatic carbocycles. The van der Waals surface area contributed by atoms with Crippen LogP contribution in [0.4, 0.5) is 0 Å². The molecule has 0 radical (unpaired) electrons. The Morgan fingerprint density at radius 1 is 1.04 bits per heavy atom. The number of ether oxygens (including phenoxy) is 1. The van der Waals surface area contributed by atoms with Crippen molar-refractivity contribution >= 4 is 5.96 Å². The first-order valence-electron chi connectivity index (χ1n) is 8.34. The Morgan fingerprint density at radius 2 is 1.88 bits per heavy atom. The molecule has 0 amide bonds. The van der Waals surface area contributed by atoms with Crippen LogP contribution in [-0.4, -0.2) is 31.1 Å². The van der Waals surface area contributed by atoms with E-state index >= 15 is 0 Å². The van der Waals surface area contributed by atoms with Crippen molar-refractivity contribution in [2.45, 2.75) is 26.0 Å². The smallest absolute Gasteiger partial charge is 0.191 e. The number of aliphatic imine (C=N–C) groups is 1. The number of nitrogens with one attached hydrogen (secondary N) is 2. The second-order valence-electron chi connectivity index (χ2n) is 5.42. The summed E-state index contributed by atoms with van der Waals surface area (Å²) in [7, 11) is 1.77. The number of hydrogen-bond donors (Lipinski definition) is 2. The Bertz CT molecular complexity index is 587. The molecule has 24 heavy (non-hydrogen) atoms. The molecule has 0 saturated carbocycles. The topological polar surface area (TPSA) is 58.5 Å². The van der Waals surface area contributed by atoms with Crippen LogP contribution in [0.15, 0.2) is 59.7 Å². The van der Waals surface area contributed by atoms with Gasteiger partial charge in [0.15, 0.2) is 5.96 Å². The van der Waals surface area contributed by atoms with Crippen molar-refractivity contribution < 1.29 is 4.74 Å². The van der Waals surface area contributed by atoms with Gasteiger partial charge in [0.05, 0.1) is 18.8 Å². The van der Waals surface area contributed by atoms with Crippen molar-refractivity contribution in [3.8, 4) is 0 Å². The molecule has 0 aliphatic rings. The summed E-state index contributed by atoms with van der Waals surface area (Å²) in [6.45, 7) is 3.00. The molecule has 0 spiro atoms. The first-order valence-corrected chi connectivity index (χ1v) is 8.34. The van der Waals surface area contributed by atoms with Crippen LogP contribution in [0.5, 0.6) is 0 Å². The van der Waals surface area contributed by atoms with Gasteiger partial charge in [-0.3, -0.25) is 9.98 Å². The van der Waals surface area contributed by atoms with E-state index in [0.29, 0.717) is 13.2 Å². The molecule has 5 nitrogen and oxygen atoms in total. The molecule has 2 N–H and O–H groups in total. The highest BCUT2D eigenvalue weighted by atomic mass is 16.5. The van der Waals surface area contributed by atoms with E-state index in [4.69, 9.17) is 4.74 Å². The lowest BCUT2D eigenvalue weighted by molar-refractivity contribution is 0.117. The van der Waals surface area contributed by atoms with Crippen LogP contribution < -0.4 is 10.6 Å². The number of hydrogen-bond acceptors (Lipinski definition) is 3. The molecular formula is C19H26N4O. The second kappa shape index (κ2) is 11.2. The van der Waals surface area contributed by atoms with Gasteiger partial charge in [-0.2, -0.15) is 0 Å². The lowest BCUT2D eigenvalue weighted by Crippen LogP contribution is -2.37. The zero-order chi connectivity index (χ0) is 16.9. The number of nitrogens with zero attached hydrogens (tertiary/aromatic N) is 2. The molecule has 0 fully saturated rings. The van der Waals surface area contributed by atoms with Gasteiger partial charge in [0.25, 0.3) is 0 Å². The molecule has 0 unspecified atom stereocenters. The summed E-state index contributed by atoms with van der Waals surface area (Å²) in [4.78, 5) is 8.49. The van der Waals surface area contributed by atoms with Crippen molar-refractivity contribution in [3.63, 3.8) is 0 Å². The van der Waals surface area contributed by atoms with E-state index in [2.05, 4.69) is 32.7 Å². The molecule has 0 saturated heterocycles. The van der Waals surface area contributed by atoms with E-state index < -0.39 is 0 Å². The van der Waals surface area contributed by atoms with Gasteiger partial charge in [-0.15, -0.1) is 0 Å². The summed E-state index contributed by atoms with van der Waals surface area (Å²) in [6.07, 6.45) is 3.86. The van der Waals surface area contributed by atoms with Crippen LogP contribution in [0.1, 0.15) is 24.1 Å². The molecular weight excluding hydrogens is 300 g/mol. The third kappa shape index (κ3) is 7.24. The first-order chi connectivity index (χ1) is 11.9. The van der Waals surface area contributed by atoms with E-state index in [1.54, 1.807) is 13.2 Å². The average molecular weight is 326 g/mol. The monoisotopic (exact) mass is 326 g/mol. The van der Waals surface area contributed by atoms with E-state index in [1.807, 2.05) is 36.4 Å². The maximum Gasteiger partial charge on any atom is 0.191 e. The zero-order valence-corrected chi connectivity index (χ0v) is 14.2. The average Bonchev–Trinajstić information content (AvgIpc) is 2.65. The first kappa shape index (κ1) is 17.9. The van der Waals surface area contributed by atoms with Gasteiger partial charge < -0.3 is 15.4 Å². The Hall–Kier alpha value is -2.40. The summed E-state index contributed by atoms with van der Waals surface area (Å²) < 4.78 is 5.68. The number of unbranched alkanes of at least 4 members (excludes halogenated alkanes) is 1. The Kier molecular flexibility index (Phi) is 8.36.